The number of allylic oxidation sites excluding steroid dienone is 6. The summed E-state index contributed by atoms with van der Waals surface area (Å²) in [6.45, 7) is 1.32. The number of aromatic nitrogens is 2. The lowest BCUT2D eigenvalue weighted by Gasteiger charge is -2.06. The van der Waals surface area contributed by atoms with Crippen LogP contribution in [0, 0.1) is 6.42 Å². The molecule has 0 bridgehead atoms. The number of hydrogen-bond donors (Lipinski definition) is 0. The Kier molecular flexibility index (Phi) is 5.84. The fourth-order valence-corrected chi connectivity index (χ4v) is 1.92. The third-order valence-corrected chi connectivity index (χ3v) is 2.99. The van der Waals surface area contributed by atoms with Gasteiger partial charge in [0.2, 0.25) is 0 Å². The molecule has 5 heteroatoms. The predicted octanol–water partition coefficient (Wildman–Crippen LogP) is 2.33. The molecule has 1 heterocycles. The minimum atomic E-state index is -0.371. The van der Waals surface area contributed by atoms with Crippen LogP contribution in [-0.2, 0) is 16.0 Å². The number of hydrogen-bond acceptors (Lipinski definition) is 4. The molecule has 0 atom stereocenters. The van der Waals surface area contributed by atoms with Gasteiger partial charge in [0.15, 0.2) is 0 Å². The molecule has 0 radical (unpaired) electrons. The molecular weight excluding hydrogens is 268 g/mol. The van der Waals surface area contributed by atoms with Crippen molar-refractivity contribution in [3.8, 4) is 0 Å². The predicted molar refractivity (Wildman–Crippen MR) is 79.7 cm³/mol. The van der Waals surface area contributed by atoms with Crippen molar-refractivity contribution in [1.82, 2.24) is 9.55 Å². The van der Waals surface area contributed by atoms with E-state index in [2.05, 4.69) is 11.1 Å². The second-order valence-electron chi connectivity index (χ2n) is 4.50. The Morgan fingerprint density at radius 3 is 3.10 bits per heavy atom. The average molecular weight is 287 g/mol. The van der Waals surface area contributed by atoms with Gasteiger partial charge in [-0.3, -0.25) is 0 Å². The van der Waals surface area contributed by atoms with Gasteiger partial charge in [-0.1, -0.05) is 0 Å². The first-order valence-electron chi connectivity index (χ1n) is 6.85. The molecule has 0 fully saturated rings. The molecular formula is C16H19N2O3+. The van der Waals surface area contributed by atoms with Crippen LogP contribution >= 0.6 is 0 Å². The summed E-state index contributed by atoms with van der Waals surface area (Å²) in [5.74, 6) is -0.371. The zero-order valence-electron chi connectivity index (χ0n) is 12.1. The lowest BCUT2D eigenvalue weighted by atomic mass is 10.1. The van der Waals surface area contributed by atoms with Gasteiger partial charge in [-0.05, 0) is 6.08 Å². The van der Waals surface area contributed by atoms with E-state index in [0.717, 1.165) is 6.42 Å². The average Bonchev–Trinajstić information content (AvgIpc) is 2.97. The number of ether oxygens (including phenoxy) is 2. The van der Waals surface area contributed by atoms with E-state index in [-0.39, 0.29) is 12.6 Å². The van der Waals surface area contributed by atoms with Crippen LogP contribution in [0.2, 0.25) is 0 Å². The largest absolute Gasteiger partial charge is 0.459 e. The third-order valence-electron chi connectivity index (χ3n) is 2.99. The summed E-state index contributed by atoms with van der Waals surface area (Å²) in [6.07, 6.45) is 16.2. The highest BCUT2D eigenvalue weighted by atomic mass is 16.6. The smallest absolute Gasteiger partial charge is 0.356 e. The van der Waals surface area contributed by atoms with Crippen LogP contribution in [0.25, 0.3) is 0 Å². The van der Waals surface area contributed by atoms with Crippen molar-refractivity contribution in [2.24, 2.45) is 0 Å². The molecule has 2 rings (SSSR count). The van der Waals surface area contributed by atoms with Gasteiger partial charge < -0.3 is 14.0 Å². The van der Waals surface area contributed by atoms with Crippen molar-refractivity contribution in [3.05, 3.63) is 60.6 Å². The first-order valence-corrected chi connectivity index (χ1v) is 6.85. The Morgan fingerprint density at radius 1 is 1.43 bits per heavy atom. The molecule has 5 nitrogen and oxygen atoms in total. The van der Waals surface area contributed by atoms with Gasteiger partial charge >= 0.3 is 5.97 Å². The molecule has 21 heavy (non-hydrogen) atoms. The van der Waals surface area contributed by atoms with E-state index in [9.17, 15) is 4.79 Å². The highest BCUT2D eigenvalue weighted by Gasteiger charge is 2.13. The SMILES string of the molecule is COCCOC(=O)c1cncn1CCC=C1C=CC=C[CH+]1. The second-order valence-corrected chi connectivity index (χ2v) is 4.50. The van der Waals surface area contributed by atoms with E-state index in [1.165, 1.54) is 11.8 Å². The van der Waals surface area contributed by atoms with E-state index in [1.54, 1.807) is 18.0 Å². The van der Waals surface area contributed by atoms with Crippen LogP contribution in [0.5, 0.6) is 0 Å². The summed E-state index contributed by atoms with van der Waals surface area (Å²) in [6, 6.07) is 0. The summed E-state index contributed by atoms with van der Waals surface area (Å²) < 4.78 is 11.7. The summed E-state index contributed by atoms with van der Waals surface area (Å²) in [5.41, 5.74) is 1.63. The van der Waals surface area contributed by atoms with E-state index in [4.69, 9.17) is 9.47 Å². The molecule has 0 saturated heterocycles. The molecule has 0 aromatic carbocycles. The number of esters is 1. The number of imidazole rings is 1. The monoisotopic (exact) mass is 287 g/mol. The Hall–Kier alpha value is -2.27. The summed E-state index contributed by atoms with van der Waals surface area (Å²) in [5, 5.41) is 0. The molecule has 0 spiro atoms. The molecule has 0 N–H and O–H groups in total. The van der Waals surface area contributed by atoms with Crippen LogP contribution in [0.3, 0.4) is 0 Å². The number of nitrogens with zero attached hydrogens (tertiary/aromatic N) is 2. The fourth-order valence-electron chi connectivity index (χ4n) is 1.92. The van der Waals surface area contributed by atoms with Crippen molar-refractivity contribution in [3.63, 3.8) is 0 Å². The molecule has 0 aliphatic heterocycles. The van der Waals surface area contributed by atoms with Crippen LogP contribution in [0.4, 0.5) is 0 Å². The van der Waals surface area contributed by atoms with Gasteiger partial charge in [-0.25, -0.2) is 9.78 Å². The Labute approximate surface area is 124 Å². The van der Waals surface area contributed by atoms with Gasteiger partial charge in [0, 0.05) is 50.8 Å². The number of methoxy groups -OCH3 is 1. The first kappa shape index (κ1) is 15.1. The van der Waals surface area contributed by atoms with Crippen molar-refractivity contribution in [1.29, 1.82) is 0 Å². The summed E-state index contributed by atoms with van der Waals surface area (Å²) in [7, 11) is 1.57. The standard InChI is InChI=1S/C16H19N2O3/c1-20-10-11-21-16(19)15-12-17-13-18(15)9-5-8-14-6-3-2-4-7-14/h2-4,6-8,12-13H,5,9-11H2,1H3/q+1. The van der Waals surface area contributed by atoms with Crippen molar-refractivity contribution in [2.45, 2.75) is 13.0 Å². The fraction of sp³-hybridized carbons (Fsp3) is 0.312. The number of rotatable bonds is 7. The van der Waals surface area contributed by atoms with Crippen molar-refractivity contribution in [2.75, 3.05) is 20.3 Å². The summed E-state index contributed by atoms with van der Waals surface area (Å²) in [4.78, 5) is 15.9. The molecule has 1 aliphatic carbocycles. The molecule has 1 aromatic heterocycles. The van der Waals surface area contributed by atoms with E-state index in [1.807, 2.05) is 30.7 Å². The first-order chi connectivity index (χ1) is 10.3. The third kappa shape index (κ3) is 4.65. The quantitative estimate of drug-likeness (QED) is 0.439. The van der Waals surface area contributed by atoms with Crippen molar-refractivity contribution >= 4 is 5.97 Å². The number of carbonyl (C=O) groups is 1. The van der Waals surface area contributed by atoms with E-state index >= 15 is 0 Å². The normalized spacial score (nSPS) is 15.2. The van der Waals surface area contributed by atoms with Gasteiger partial charge in [-0.2, -0.15) is 0 Å². The summed E-state index contributed by atoms with van der Waals surface area (Å²) >= 11 is 0. The van der Waals surface area contributed by atoms with Gasteiger partial charge in [0.1, 0.15) is 12.3 Å². The van der Waals surface area contributed by atoms with E-state index in [0.29, 0.717) is 18.8 Å². The minimum absolute atomic E-state index is 0.247. The molecule has 110 valence electrons. The number of carbonyl (C=O) groups excluding carboxylic acids is 1. The zero-order chi connectivity index (χ0) is 14.9. The second kappa shape index (κ2) is 8.11. The van der Waals surface area contributed by atoms with Gasteiger partial charge in [0.05, 0.1) is 24.7 Å². The highest BCUT2D eigenvalue weighted by Crippen LogP contribution is 2.11. The highest BCUT2D eigenvalue weighted by molar-refractivity contribution is 5.87. The van der Waals surface area contributed by atoms with Crippen LogP contribution in [-0.4, -0.2) is 35.8 Å². The minimum Gasteiger partial charge on any atom is -0.459 e. The maximum absolute atomic E-state index is 11.9. The van der Waals surface area contributed by atoms with Crippen LogP contribution in [0.15, 0.2) is 48.5 Å². The van der Waals surface area contributed by atoms with Crippen LogP contribution in [0.1, 0.15) is 16.9 Å². The molecule has 0 amide bonds. The lowest BCUT2D eigenvalue weighted by Crippen LogP contribution is -2.14. The van der Waals surface area contributed by atoms with Gasteiger partial charge in [0.25, 0.3) is 0 Å². The molecule has 1 aliphatic rings. The topological polar surface area (TPSA) is 53.4 Å². The zero-order valence-corrected chi connectivity index (χ0v) is 12.1. The molecule has 0 unspecified atom stereocenters. The van der Waals surface area contributed by atoms with Gasteiger partial charge in [-0.15, -0.1) is 0 Å². The number of aryl methyl sites for hydroxylation is 1. The van der Waals surface area contributed by atoms with E-state index < -0.39 is 0 Å². The lowest BCUT2D eigenvalue weighted by molar-refractivity contribution is 0.0376. The Morgan fingerprint density at radius 2 is 2.33 bits per heavy atom. The molecule has 1 aromatic rings. The maximum Gasteiger partial charge on any atom is 0.356 e. The Bertz CT molecular complexity index is 556. The maximum atomic E-state index is 11.9. The molecule has 0 saturated carbocycles. The van der Waals surface area contributed by atoms with Crippen LogP contribution < -0.4 is 0 Å². The Balaban J connectivity index is 1.86. The van der Waals surface area contributed by atoms with Crippen molar-refractivity contribution < 1.29 is 14.3 Å².